The lowest BCUT2D eigenvalue weighted by Gasteiger charge is -2.08. The summed E-state index contributed by atoms with van der Waals surface area (Å²) >= 11 is 5.27. The topological polar surface area (TPSA) is 123 Å². The summed E-state index contributed by atoms with van der Waals surface area (Å²) in [5.41, 5.74) is 4.27. The second-order valence-electron chi connectivity index (χ2n) is 7.95. The summed E-state index contributed by atoms with van der Waals surface area (Å²) in [6.45, 7) is 2.00. The van der Waals surface area contributed by atoms with Gasteiger partial charge in [0, 0.05) is 28.9 Å². The second kappa shape index (κ2) is 9.43. The molecule has 0 fully saturated rings. The molecular weight excluding hydrogens is 480 g/mol. The fraction of sp³-hybridized carbons (Fsp3) is 0.0385. The van der Waals surface area contributed by atoms with E-state index in [1.54, 1.807) is 36.4 Å². The molecule has 10 heteroatoms. The van der Waals surface area contributed by atoms with Gasteiger partial charge in [0.1, 0.15) is 11.3 Å². The van der Waals surface area contributed by atoms with Crippen molar-refractivity contribution in [1.82, 2.24) is 10.3 Å². The minimum atomic E-state index is -0.562. The molecular formula is C26H18N4O5S. The van der Waals surface area contributed by atoms with Gasteiger partial charge < -0.3 is 14.2 Å². The summed E-state index contributed by atoms with van der Waals surface area (Å²) < 4.78 is 11.4. The predicted octanol–water partition coefficient (Wildman–Crippen LogP) is 6.10. The molecule has 0 saturated carbocycles. The van der Waals surface area contributed by atoms with Gasteiger partial charge in [-0.3, -0.25) is 20.2 Å². The van der Waals surface area contributed by atoms with E-state index in [0.29, 0.717) is 34.0 Å². The molecule has 178 valence electrons. The van der Waals surface area contributed by atoms with Crippen LogP contribution in [0.25, 0.3) is 33.9 Å². The number of oxazole rings is 1. The van der Waals surface area contributed by atoms with Crippen LogP contribution < -0.4 is 10.6 Å². The Balaban J connectivity index is 1.26. The van der Waals surface area contributed by atoms with E-state index < -0.39 is 10.8 Å². The van der Waals surface area contributed by atoms with Gasteiger partial charge in [-0.25, -0.2) is 4.98 Å². The van der Waals surface area contributed by atoms with Gasteiger partial charge in [-0.15, -0.1) is 0 Å². The molecule has 9 nitrogen and oxygen atoms in total. The van der Waals surface area contributed by atoms with Crippen molar-refractivity contribution in [2.45, 2.75) is 6.92 Å². The zero-order chi connectivity index (χ0) is 25.2. The summed E-state index contributed by atoms with van der Waals surface area (Å²) in [4.78, 5) is 27.7. The van der Waals surface area contributed by atoms with Crippen molar-refractivity contribution in [3.05, 3.63) is 100 Å². The van der Waals surface area contributed by atoms with Crippen LogP contribution in [-0.4, -0.2) is 20.9 Å². The number of nitro groups is 1. The van der Waals surface area contributed by atoms with Gasteiger partial charge in [-0.05, 0) is 61.6 Å². The van der Waals surface area contributed by atoms with E-state index in [2.05, 4.69) is 15.6 Å². The first kappa shape index (κ1) is 22.9. The fourth-order valence-electron chi connectivity index (χ4n) is 3.62. The van der Waals surface area contributed by atoms with Crippen LogP contribution in [0.4, 0.5) is 11.4 Å². The molecule has 3 aromatic carbocycles. The number of carbonyl (C=O) groups excluding carboxylic acids is 1. The van der Waals surface area contributed by atoms with Crippen molar-refractivity contribution in [3.8, 4) is 22.8 Å². The lowest BCUT2D eigenvalue weighted by molar-refractivity contribution is -0.384. The summed E-state index contributed by atoms with van der Waals surface area (Å²) in [5, 5.41) is 16.6. The highest BCUT2D eigenvalue weighted by molar-refractivity contribution is 7.80. The monoisotopic (exact) mass is 498 g/mol. The number of anilines is 1. The van der Waals surface area contributed by atoms with Gasteiger partial charge in [0.25, 0.3) is 11.6 Å². The van der Waals surface area contributed by atoms with Crippen LogP contribution in [-0.2, 0) is 0 Å². The maximum atomic E-state index is 12.6. The van der Waals surface area contributed by atoms with Gasteiger partial charge >= 0.3 is 0 Å². The van der Waals surface area contributed by atoms with Gasteiger partial charge in [0.05, 0.1) is 4.92 Å². The molecule has 0 aliphatic heterocycles. The predicted molar refractivity (Wildman–Crippen MR) is 139 cm³/mol. The number of nitro benzene ring substituents is 1. The molecule has 0 bridgehead atoms. The highest BCUT2D eigenvalue weighted by Crippen LogP contribution is 2.27. The van der Waals surface area contributed by atoms with Crippen LogP contribution in [0.5, 0.6) is 0 Å². The number of non-ortho nitro benzene ring substituents is 1. The molecule has 5 aromatic rings. The van der Waals surface area contributed by atoms with Crippen molar-refractivity contribution in [3.63, 3.8) is 0 Å². The van der Waals surface area contributed by atoms with E-state index in [-0.39, 0.29) is 16.6 Å². The number of furan rings is 1. The van der Waals surface area contributed by atoms with Gasteiger partial charge in [-0.2, -0.15) is 0 Å². The van der Waals surface area contributed by atoms with Gasteiger partial charge in [0.15, 0.2) is 16.5 Å². The van der Waals surface area contributed by atoms with Gasteiger partial charge in [0.2, 0.25) is 5.89 Å². The van der Waals surface area contributed by atoms with Crippen LogP contribution in [0, 0.1) is 17.0 Å². The number of carbonyl (C=O) groups is 1. The smallest absolute Gasteiger partial charge is 0.293 e. The molecule has 2 heterocycles. The Morgan fingerprint density at radius 3 is 2.58 bits per heavy atom. The number of nitrogens with zero attached hydrogens (tertiary/aromatic N) is 2. The largest absolute Gasteiger partial charge is 0.451 e. The number of rotatable bonds is 5. The Hall–Kier alpha value is -4.83. The number of aromatic nitrogens is 1. The van der Waals surface area contributed by atoms with E-state index in [4.69, 9.17) is 21.1 Å². The number of aryl methyl sites for hydroxylation is 1. The van der Waals surface area contributed by atoms with Crippen LogP contribution in [0.3, 0.4) is 0 Å². The Bertz CT molecular complexity index is 1640. The summed E-state index contributed by atoms with van der Waals surface area (Å²) in [5.74, 6) is 0.284. The van der Waals surface area contributed by atoms with Crippen molar-refractivity contribution < 1.29 is 18.6 Å². The Labute approximate surface area is 209 Å². The standard InChI is InChI=1S/C26H18N4O5S/c1-15-4-2-6-17(12-15)25-28-20-14-18(8-9-22(20)35-25)27-26(36)29-24(31)23-11-10-21(34-23)16-5-3-7-19(13-16)30(32)33/h2-14H,1H3,(H2,27,29,31,36). The van der Waals surface area contributed by atoms with Crippen LogP contribution in [0.1, 0.15) is 16.1 Å². The van der Waals surface area contributed by atoms with Crippen molar-refractivity contribution in [1.29, 1.82) is 0 Å². The summed E-state index contributed by atoms with van der Waals surface area (Å²) in [6.07, 6.45) is 0. The molecule has 0 aliphatic rings. The Morgan fingerprint density at radius 2 is 1.78 bits per heavy atom. The first-order valence-corrected chi connectivity index (χ1v) is 11.2. The third-order valence-corrected chi connectivity index (χ3v) is 5.51. The maximum absolute atomic E-state index is 12.6. The quantitative estimate of drug-likeness (QED) is 0.169. The average Bonchev–Trinajstić information content (AvgIpc) is 3.52. The van der Waals surface area contributed by atoms with Crippen molar-refractivity contribution in [2.75, 3.05) is 5.32 Å². The Kier molecular flexibility index (Phi) is 6.01. The minimum Gasteiger partial charge on any atom is -0.451 e. The number of hydrogen-bond acceptors (Lipinski definition) is 7. The molecule has 2 aromatic heterocycles. The lowest BCUT2D eigenvalue weighted by Crippen LogP contribution is -2.33. The SMILES string of the molecule is Cc1cccc(-c2nc3cc(NC(=S)NC(=O)c4ccc(-c5cccc([N+](=O)[O-])c5)o4)ccc3o2)c1. The molecule has 0 radical (unpaired) electrons. The first-order valence-electron chi connectivity index (χ1n) is 10.8. The molecule has 0 unspecified atom stereocenters. The fourth-order valence-corrected chi connectivity index (χ4v) is 3.83. The van der Waals surface area contributed by atoms with Crippen molar-refractivity contribution in [2.24, 2.45) is 0 Å². The number of fused-ring (bicyclic) bond motifs is 1. The van der Waals surface area contributed by atoms with E-state index in [1.165, 1.54) is 18.2 Å². The number of nitrogens with one attached hydrogen (secondary N) is 2. The third kappa shape index (κ3) is 4.84. The number of hydrogen-bond donors (Lipinski definition) is 2. The van der Waals surface area contributed by atoms with Gasteiger partial charge in [-0.1, -0.05) is 29.8 Å². The highest BCUT2D eigenvalue weighted by atomic mass is 32.1. The highest BCUT2D eigenvalue weighted by Gasteiger charge is 2.16. The maximum Gasteiger partial charge on any atom is 0.293 e. The molecule has 5 rings (SSSR count). The number of benzene rings is 3. The molecule has 0 spiro atoms. The number of thiocarbonyl (C=S) groups is 1. The van der Waals surface area contributed by atoms with E-state index in [9.17, 15) is 14.9 Å². The zero-order valence-electron chi connectivity index (χ0n) is 18.8. The van der Waals surface area contributed by atoms with Crippen LogP contribution in [0.15, 0.2) is 87.7 Å². The molecule has 0 saturated heterocycles. The minimum absolute atomic E-state index is 0.00964. The lowest BCUT2D eigenvalue weighted by atomic mass is 10.1. The van der Waals surface area contributed by atoms with E-state index in [1.807, 2.05) is 31.2 Å². The summed E-state index contributed by atoms with van der Waals surface area (Å²) in [7, 11) is 0. The Morgan fingerprint density at radius 1 is 0.972 bits per heavy atom. The van der Waals surface area contributed by atoms with Crippen molar-refractivity contribution >= 4 is 45.7 Å². The average molecular weight is 499 g/mol. The summed E-state index contributed by atoms with van der Waals surface area (Å²) in [6, 6.07) is 22.2. The van der Waals surface area contributed by atoms with E-state index >= 15 is 0 Å². The van der Waals surface area contributed by atoms with E-state index in [0.717, 1.165) is 11.1 Å². The normalized spacial score (nSPS) is 10.8. The second-order valence-corrected chi connectivity index (χ2v) is 8.36. The van der Waals surface area contributed by atoms with Crippen LogP contribution >= 0.6 is 12.2 Å². The molecule has 1 amide bonds. The third-order valence-electron chi connectivity index (χ3n) is 5.31. The van der Waals surface area contributed by atoms with Crippen LogP contribution in [0.2, 0.25) is 0 Å². The zero-order valence-corrected chi connectivity index (χ0v) is 19.7. The first-order chi connectivity index (χ1) is 17.4. The number of amides is 1. The molecule has 0 aliphatic carbocycles. The molecule has 0 atom stereocenters. The molecule has 36 heavy (non-hydrogen) atoms. The molecule has 2 N–H and O–H groups in total.